The second-order valence-corrected chi connectivity index (χ2v) is 6.00. The second kappa shape index (κ2) is 6.31. The van der Waals surface area contributed by atoms with E-state index in [0.717, 1.165) is 17.4 Å². The largest absolute Gasteiger partial charge is 0.484 e. The maximum absolute atomic E-state index is 12.3. The molecule has 0 aliphatic carbocycles. The molecule has 3 nitrogen and oxygen atoms in total. The Morgan fingerprint density at radius 3 is 2.76 bits per heavy atom. The molecule has 1 amide bonds. The normalized spacial score (nSPS) is 13.7. The summed E-state index contributed by atoms with van der Waals surface area (Å²) in [5.41, 5.74) is 2.58. The van der Waals surface area contributed by atoms with E-state index >= 15 is 0 Å². The van der Waals surface area contributed by atoms with Crippen LogP contribution in [0.1, 0.15) is 11.1 Å². The van der Waals surface area contributed by atoms with Crippen LogP contribution in [0.2, 0.25) is 0 Å². The molecular weight excluding hydrogens is 330 g/mol. The molecule has 3 rings (SSSR count). The molecule has 1 aliphatic rings. The molecule has 0 fully saturated rings. The number of carbonyl (C=O) groups excluding carboxylic acids is 1. The molecule has 0 radical (unpaired) electrons. The third-order valence-corrected chi connectivity index (χ3v) is 4.14. The maximum Gasteiger partial charge on any atom is 0.260 e. The average Bonchev–Trinajstić information content (AvgIpc) is 2.52. The molecular formula is C17H16BrNO2. The highest BCUT2D eigenvalue weighted by molar-refractivity contribution is 9.10. The summed E-state index contributed by atoms with van der Waals surface area (Å²) in [7, 11) is 0. The van der Waals surface area contributed by atoms with Gasteiger partial charge in [0, 0.05) is 17.6 Å². The van der Waals surface area contributed by atoms with Crippen molar-refractivity contribution in [1.82, 2.24) is 4.90 Å². The minimum Gasteiger partial charge on any atom is -0.484 e. The van der Waals surface area contributed by atoms with E-state index in [1.54, 1.807) is 0 Å². The molecule has 0 spiro atoms. The molecule has 21 heavy (non-hydrogen) atoms. The van der Waals surface area contributed by atoms with E-state index in [-0.39, 0.29) is 12.5 Å². The summed E-state index contributed by atoms with van der Waals surface area (Å²) in [6, 6.07) is 15.8. The molecule has 0 atom stereocenters. The van der Waals surface area contributed by atoms with Crippen LogP contribution in [0.5, 0.6) is 5.75 Å². The molecule has 2 aromatic rings. The van der Waals surface area contributed by atoms with Gasteiger partial charge in [0.15, 0.2) is 6.61 Å². The minimum atomic E-state index is 0.0319. The van der Waals surface area contributed by atoms with Gasteiger partial charge in [-0.2, -0.15) is 0 Å². The van der Waals surface area contributed by atoms with E-state index in [1.165, 1.54) is 11.1 Å². The van der Waals surface area contributed by atoms with Crippen LogP contribution in [-0.4, -0.2) is 24.0 Å². The Bertz CT molecular complexity index is 657. The number of benzene rings is 2. The van der Waals surface area contributed by atoms with Crippen molar-refractivity contribution < 1.29 is 9.53 Å². The van der Waals surface area contributed by atoms with Crippen molar-refractivity contribution >= 4 is 21.8 Å². The van der Waals surface area contributed by atoms with Gasteiger partial charge in [0.1, 0.15) is 5.75 Å². The van der Waals surface area contributed by atoms with Crippen LogP contribution in [0.3, 0.4) is 0 Å². The first-order chi connectivity index (χ1) is 10.2. The maximum atomic E-state index is 12.3. The topological polar surface area (TPSA) is 29.5 Å². The second-order valence-electron chi connectivity index (χ2n) is 5.08. The predicted molar refractivity (Wildman–Crippen MR) is 85.2 cm³/mol. The number of fused-ring (bicyclic) bond motifs is 1. The van der Waals surface area contributed by atoms with Crippen molar-refractivity contribution in [3.05, 3.63) is 64.1 Å². The first kappa shape index (κ1) is 14.1. The summed E-state index contributed by atoms with van der Waals surface area (Å²) < 4.78 is 6.51. The predicted octanol–water partition coefficient (Wildman–Crippen LogP) is 3.41. The Hall–Kier alpha value is -1.81. The fourth-order valence-electron chi connectivity index (χ4n) is 2.50. The van der Waals surface area contributed by atoms with E-state index in [4.69, 9.17) is 4.74 Å². The zero-order valence-electron chi connectivity index (χ0n) is 11.6. The van der Waals surface area contributed by atoms with Gasteiger partial charge in [-0.3, -0.25) is 4.79 Å². The lowest BCUT2D eigenvalue weighted by molar-refractivity contribution is -0.134. The molecule has 108 valence electrons. The van der Waals surface area contributed by atoms with Crippen LogP contribution < -0.4 is 4.74 Å². The zero-order valence-corrected chi connectivity index (χ0v) is 13.2. The number of hydrogen-bond donors (Lipinski definition) is 0. The van der Waals surface area contributed by atoms with Gasteiger partial charge < -0.3 is 9.64 Å². The van der Waals surface area contributed by atoms with Gasteiger partial charge in [0.2, 0.25) is 0 Å². The lowest BCUT2D eigenvalue weighted by Crippen LogP contribution is -2.38. The van der Waals surface area contributed by atoms with Crippen molar-refractivity contribution in [2.24, 2.45) is 0 Å². The number of rotatable bonds is 3. The van der Waals surface area contributed by atoms with Crippen molar-refractivity contribution in [1.29, 1.82) is 0 Å². The van der Waals surface area contributed by atoms with Crippen LogP contribution in [0.15, 0.2) is 53.0 Å². The van der Waals surface area contributed by atoms with Crippen LogP contribution >= 0.6 is 15.9 Å². The molecule has 0 N–H and O–H groups in total. The highest BCUT2D eigenvalue weighted by Gasteiger charge is 2.20. The van der Waals surface area contributed by atoms with Crippen LogP contribution in [0.4, 0.5) is 0 Å². The molecule has 0 saturated carbocycles. The lowest BCUT2D eigenvalue weighted by atomic mass is 10.00. The van der Waals surface area contributed by atoms with E-state index in [2.05, 4.69) is 28.1 Å². The van der Waals surface area contributed by atoms with Crippen molar-refractivity contribution in [2.45, 2.75) is 13.0 Å². The summed E-state index contributed by atoms with van der Waals surface area (Å²) in [4.78, 5) is 14.1. The molecule has 2 aromatic carbocycles. The molecule has 0 aromatic heterocycles. The number of hydrogen-bond acceptors (Lipinski definition) is 2. The Morgan fingerprint density at radius 2 is 1.95 bits per heavy atom. The monoisotopic (exact) mass is 345 g/mol. The minimum absolute atomic E-state index is 0.0319. The van der Waals surface area contributed by atoms with Gasteiger partial charge in [-0.15, -0.1) is 0 Å². The van der Waals surface area contributed by atoms with Gasteiger partial charge in [-0.1, -0.05) is 46.3 Å². The van der Waals surface area contributed by atoms with Crippen molar-refractivity contribution in [3.63, 3.8) is 0 Å². The van der Waals surface area contributed by atoms with Crippen LogP contribution in [-0.2, 0) is 17.8 Å². The average molecular weight is 346 g/mol. The molecule has 1 heterocycles. The summed E-state index contributed by atoms with van der Waals surface area (Å²) in [6.07, 6.45) is 0.915. The summed E-state index contributed by atoms with van der Waals surface area (Å²) >= 11 is 3.39. The summed E-state index contributed by atoms with van der Waals surface area (Å²) in [5.74, 6) is 0.736. The van der Waals surface area contributed by atoms with E-state index in [9.17, 15) is 4.79 Å². The highest BCUT2D eigenvalue weighted by atomic mass is 79.9. The van der Waals surface area contributed by atoms with Crippen LogP contribution in [0, 0.1) is 0 Å². The number of ether oxygens (including phenoxy) is 1. The standard InChI is InChI=1S/C17H16BrNO2/c18-15-6-3-7-16(10-15)21-12-17(20)19-9-8-13-4-1-2-5-14(13)11-19/h1-7,10H,8-9,11-12H2. The van der Waals surface area contributed by atoms with Crippen molar-refractivity contribution in [3.8, 4) is 5.75 Å². The molecule has 0 saturated heterocycles. The number of halogens is 1. The Kier molecular flexibility index (Phi) is 4.25. The third-order valence-electron chi connectivity index (χ3n) is 3.64. The van der Waals surface area contributed by atoms with Gasteiger partial charge in [-0.05, 0) is 35.7 Å². The number of nitrogens with zero attached hydrogens (tertiary/aromatic N) is 1. The first-order valence-corrected chi connectivity index (χ1v) is 7.74. The Balaban J connectivity index is 1.59. The fourth-order valence-corrected chi connectivity index (χ4v) is 2.88. The first-order valence-electron chi connectivity index (χ1n) is 6.95. The Morgan fingerprint density at radius 1 is 1.14 bits per heavy atom. The highest BCUT2D eigenvalue weighted by Crippen LogP contribution is 2.20. The summed E-state index contributed by atoms with van der Waals surface area (Å²) in [6.45, 7) is 1.52. The molecule has 4 heteroatoms. The van der Waals surface area contributed by atoms with Crippen LogP contribution in [0.25, 0.3) is 0 Å². The molecule has 0 unspecified atom stereocenters. The fraction of sp³-hybridized carbons (Fsp3) is 0.235. The summed E-state index contributed by atoms with van der Waals surface area (Å²) in [5, 5.41) is 0. The van der Waals surface area contributed by atoms with Gasteiger partial charge in [0.25, 0.3) is 5.91 Å². The lowest BCUT2D eigenvalue weighted by Gasteiger charge is -2.28. The zero-order chi connectivity index (χ0) is 14.7. The SMILES string of the molecule is O=C(COc1cccc(Br)c1)N1CCc2ccccc2C1. The van der Waals surface area contributed by atoms with Crippen molar-refractivity contribution in [2.75, 3.05) is 13.2 Å². The van der Waals surface area contributed by atoms with E-state index in [1.807, 2.05) is 41.3 Å². The Labute approximate surface area is 132 Å². The number of carbonyl (C=O) groups is 1. The van der Waals surface area contributed by atoms with Gasteiger partial charge in [-0.25, -0.2) is 0 Å². The molecule has 1 aliphatic heterocycles. The van der Waals surface area contributed by atoms with Gasteiger partial charge >= 0.3 is 0 Å². The van der Waals surface area contributed by atoms with Gasteiger partial charge in [0.05, 0.1) is 0 Å². The smallest absolute Gasteiger partial charge is 0.260 e. The van der Waals surface area contributed by atoms with E-state index < -0.39 is 0 Å². The van der Waals surface area contributed by atoms with E-state index in [0.29, 0.717) is 12.3 Å². The molecule has 0 bridgehead atoms. The third kappa shape index (κ3) is 3.45. The number of amides is 1. The quantitative estimate of drug-likeness (QED) is 0.852.